The molecule has 0 N–H and O–H groups in total. The van der Waals surface area contributed by atoms with Crippen molar-refractivity contribution >= 4 is 8.07 Å². The Morgan fingerprint density at radius 3 is 1.23 bits per heavy atom. The van der Waals surface area contributed by atoms with Crippen LogP contribution in [0.3, 0.4) is 0 Å². The lowest BCUT2D eigenvalue weighted by Gasteiger charge is -2.44. The zero-order valence-electron chi connectivity index (χ0n) is 20.9. The molecule has 2 aromatic rings. The van der Waals surface area contributed by atoms with E-state index in [1.54, 1.807) is 11.1 Å². The molecule has 10 radical (unpaired) electrons. The van der Waals surface area contributed by atoms with E-state index in [0.717, 1.165) is 0 Å². The summed E-state index contributed by atoms with van der Waals surface area (Å²) < 4.78 is 0. The first kappa shape index (κ1) is 23.0. The van der Waals surface area contributed by atoms with Crippen LogP contribution < -0.4 is 0 Å². The van der Waals surface area contributed by atoms with Crippen LogP contribution in [0.1, 0.15) is 22.3 Å². The third-order valence-electron chi connectivity index (χ3n) is 7.57. The molecule has 1 heteroatoms. The number of hydrogen-bond acceptors (Lipinski definition) is 0. The van der Waals surface area contributed by atoms with Gasteiger partial charge in [0, 0.05) is 35.5 Å². The van der Waals surface area contributed by atoms with E-state index in [2.05, 4.69) is 137 Å². The Bertz CT molecular complexity index is 1080. The van der Waals surface area contributed by atoms with Crippen molar-refractivity contribution in [2.75, 3.05) is 0 Å². The summed E-state index contributed by atoms with van der Waals surface area (Å²) in [7, 11) is -2.16. The maximum absolute atomic E-state index is 2.55. The molecular formula is C34H30Si. The SMILES string of the molecule is Cc1ccc([C]2[CH][C]3C=CC=C[C]3[C]2[Si](C)(C)[C]2[C]3C=CC=C[C]3[CH][C]2c2ccc(C)cc2)cc1. The molecule has 170 valence electrons. The Morgan fingerprint density at radius 1 is 0.457 bits per heavy atom. The Hall–Kier alpha value is -2.38. The Kier molecular flexibility index (Phi) is 5.88. The fourth-order valence-electron chi connectivity index (χ4n) is 5.84. The van der Waals surface area contributed by atoms with Crippen LogP contribution in [0.15, 0.2) is 97.1 Å². The molecule has 0 saturated heterocycles. The number of aryl methyl sites for hydroxylation is 2. The highest BCUT2D eigenvalue weighted by Gasteiger charge is 2.60. The van der Waals surface area contributed by atoms with Gasteiger partial charge in [0.25, 0.3) is 0 Å². The van der Waals surface area contributed by atoms with E-state index in [4.69, 9.17) is 0 Å². The molecule has 2 aromatic carbocycles. The average Bonchev–Trinajstić information content (AvgIpc) is 3.45. The van der Waals surface area contributed by atoms with Crippen molar-refractivity contribution in [3.8, 4) is 0 Å². The van der Waals surface area contributed by atoms with Crippen molar-refractivity contribution in [3.05, 3.63) is 179 Å². The van der Waals surface area contributed by atoms with Gasteiger partial charge in [-0.25, -0.2) is 0 Å². The normalized spacial score (nSPS) is 23.0. The molecule has 4 aliphatic carbocycles. The first-order valence-corrected chi connectivity index (χ1v) is 15.5. The third kappa shape index (κ3) is 3.97. The highest BCUT2D eigenvalue weighted by molar-refractivity contribution is 6.90. The largest absolute Gasteiger partial charge is 0.0762 e. The lowest BCUT2D eigenvalue weighted by atomic mass is 9.91. The van der Waals surface area contributed by atoms with Gasteiger partial charge in [-0.15, -0.1) is 0 Å². The van der Waals surface area contributed by atoms with Crippen LogP contribution in [0, 0.1) is 73.3 Å². The number of benzene rings is 2. The molecule has 0 nitrogen and oxygen atoms in total. The highest BCUT2D eigenvalue weighted by atomic mass is 28.3. The van der Waals surface area contributed by atoms with E-state index < -0.39 is 8.07 Å². The van der Waals surface area contributed by atoms with Crippen LogP contribution >= 0.6 is 0 Å². The number of rotatable bonds is 4. The number of hydrogen-bond donors (Lipinski definition) is 0. The van der Waals surface area contributed by atoms with Crippen LogP contribution in [0.4, 0.5) is 0 Å². The molecule has 0 aromatic heterocycles. The topological polar surface area (TPSA) is 0 Å². The summed E-state index contributed by atoms with van der Waals surface area (Å²) in [4.78, 5) is 0. The monoisotopic (exact) mass is 466 g/mol. The maximum atomic E-state index is 2.55. The van der Waals surface area contributed by atoms with Crippen molar-refractivity contribution in [2.24, 2.45) is 0 Å². The molecule has 0 atom stereocenters. The van der Waals surface area contributed by atoms with Crippen molar-refractivity contribution in [1.29, 1.82) is 0 Å². The van der Waals surface area contributed by atoms with Gasteiger partial charge in [-0.05, 0) is 48.9 Å². The van der Waals surface area contributed by atoms with E-state index in [9.17, 15) is 0 Å². The summed E-state index contributed by atoms with van der Waals surface area (Å²) in [6.45, 7) is 9.42. The molecule has 0 bridgehead atoms. The number of fused-ring (bicyclic) bond motifs is 2. The molecule has 0 amide bonds. The van der Waals surface area contributed by atoms with Crippen molar-refractivity contribution in [1.82, 2.24) is 0 Å². The molecule has 2 saturated carbocycles. The Balaban J connectivity index is 1.44. The van der Waals surface area contributed by atoms with E-state index >= 15 is 0 Å². The minimum absolute atomic E-state index is 1.30. The first-order valence-electron chi connectivity index (χ1n) is 12.5. The molecule has 0 aliphatic heterocycles. The van der Waals surface area contributed by atoms with Gasteiger partial charge in [0.2, 0.25) is 0 Å². The average molecular weight is 467 g/mol. The molecule has 0 heterocycles. The second-order valence-corrected chi connectivity index (χ2v) is 14.6. The quantitative estimate of drug-likeness (QED) is 0.404. The molecule has 6 rings (SSSR count). The molecule has 35 heavy (non-hydrogen) atoms. The summed E-state index contributed by atoms with van der Waals surface area (Å²) in [6.07, 6.45) is 22.7. The fraction of sp³-hybridized carbons (Fsp3) is 0.118. The van der Waals surface area contributed by atoms with E-state index in [1.807, 2.05) is 0 Å². The van der Waals surface area contributed by atoms with Crippen LogP contribution in [0.5, 0.6) is 0 Å². The predicted octanol–water partition coefficient (Wildman–Crippen LogP) is 7.77. The maximum Gasteiger partial charge on any atom is 0.0651 e. The smallest absolute Gasteiger partial charge is 0.0651 e. The molecule has 0 spiro atoms. The van der Waals surface area contributed by atoms with E-state index in [1.165, 1.54) is 57.8 Å². The predicted molar refractivity (Wildman–Crippen MR) is 149 cm³/mol. The van der Waals surface area contributed by atoms with E-state index in [0.29, 0.717) is 0 Å². The van der Waals surface area contributed by atoms with Gasteiger partial charge in [-0.1, -0.05) is 121 Å². The number of allylic oxidation sites excluding steroid dienone is 8. The summed E-state index contributed by atoms with van der Waals surface area (Å²) in [6, 6.07) is 18.1. The Morgan fingerprint density at radius 2 is 0.829 bits per heavy atom. The van der Waals surface area contributed by atoms with Gasteiger partial charge in [-0.2, -0.15) is 0 Å². The Labute approximate surface area is 213 Å². The van der Waals surface area contributed by atoms with E-state index in [-0.39, 0.29) is 0 Å². The van der Waals surface area contributed by atoms with Crippen LogP contribution in [-0.2, 0) is 0 Å². The summed E-state index contributed by atoms with van der Waals surface area (Å²) in [5.74, 6) is 8.27. The van der Waals surface area contributed by atoms with Gasteiger partial charge < -0.3 is 0 Å². The highest BCUT2D eigenvalue weighted by Crippen LogP contribution is 2.63. The van der Waals surface area contributed by atoms with Gasteiger partial charge >= 0.3 is 0 Å². The minimum Gasteiger partial charge on any atom is -0.0762 e. The van der Waals surface area contributed by atoms with Crippen molar-refractivity contribution < 1.29 is 0 Å². The third-order valence-corrected chi connectivity index (χ3v) is 11.2. The van der Waals surface area contributed by atoms with Gasteiger partial charge in [-0.3, -0.25) is 0 Å². The zero-order valence-corrected chi connectivity index (χ0v) is 21.9. The van der Waals surface area contributed by atoms with Crippen LogP contribution in [0.2, 0.25) is 13.1 Å². The first-order chi connectivity index (χ1) is 16.9. The zero-order chi connectivity index (χ0) is 24.2. The minimum atomic E-state index is -2.16. The fourth-order valence-corrected chi connectivity index (χ4v) is 9.67. The van der Waals surface area contributed by atoms with Gasteiger partial charge in [0.15, 0.2) is 0 Å². The molecule has 0 unspecified atom stereocenters. The molecule has 2 fully saturated rings. The lowest BCUT2D eigenvalue weighted by molar-refractivity contribution is 1.09. The lowest BCUT2D eigenvalue weighted by Crippen LogP contribution is -2.49. The second-order valence-electron chi connectivity index (χ2n) is 10.4. The van der Waals surface area contributed by atoms with Crippen LogP contribution in [0.25, 0.3) is 0 Å². The molecular weight excluding hydrogens is 436 g/mol. The van der Waals surface area contributed by atoms with Gasteiger partial charge in [0.05, 0.1) is 8.07 Å². The van der Waals surface area contributed by atoms with Crippen molar-refractivity contribution in [3.63, 3.8) is 0 Å². The summed E-state index contributed by atoms with van der Waals surface area (Å²) in [5.41, 5.74) is 8.31. The summed E-state index contributed by atoms with van der Waals surface area (Å²) >= 11 is 0. The molecule has 4 aliphatic rings. The van der Waals surface area contributed by atoms with Crippen molar-refractivity contribution in [2.45, 2.75) is 26.9 Å². The second kappa shape index (κ2) is 8.93. The summed E-state index contributed by atoms with van der Waals surface area (Å²) in [5, 5.41) is 0. The standard InChI is InChI=1S/C34H30Si/c1-23-13-17-25(18-14-23)31-21-27-9-5-7-11-29(27)33(31)35(3,4)34-30-12-8-6-10-28(30)22-32(34)26-19-15-24(2)16-20-26/h5-22H,1-4H3. The van der Waals surface area contributed by atoms with Gasteiger partial charge in [0.1, 0.15) is 0 Å². The van der Waals surface area contributed by atoms with Crippen LogP contribution in [-0.4, -0.2) is 8.07 Å².